The largest absolute Gasteiger partial charge is 0.497 e. The first-order valence-electron chi connectivity index (χ1n) is 6.80. The van der Waals surface area contributed by atoms with E-state index in [1.54, 1.807) is 18.4 Å². The lowest BCUT2D eigenvalue weighted by Crippen LogP contribution is -2.17. The van der Waals surface area contributed by atoms with Gasteiger partial charge in [-0.1, -0.05) is 0 Å². The molecule has 2 aliphatic rings. The molecule has 0 bridgehead atoms. The fourth-order valence-electron chi connectivity index (χ4n) is 3.56. The van der Waals surface area contributed by atoms with Crippen molar-refractivity contribution in [2.24, 2.45) is 0 Å². The van der Waals surface area contributed by atoms with E-state index in [9.17, 15) is 0 Å². The Morgan fingerprint density at radius 3 is 2.84 bits per heavy atom. The molecule has 4 heteroatoms. The van der Waals surface area contributed by atoms with Crippen molar-refractivity contribution in [3.63, 3.8) is 0 Å². The zero-order valence-corrected chi connectivity index (χ0v) is 12.0. The van der Waals surface area contributed by atoms with Gasteiger partial charge in [-0.2, -0.15) is 0 Å². The molecule has 2 aliphatic heterocycles. The number of rotatable bonds is 1. The number of nitrogens with one attached hydrogen (secondary N) is 1. The molecule has 4 rings (SSSR count). The first-order chi connectivity index (χ1) is 8.88. The third kappa shape index (κ3) is 1.76. The van der Waals surface area contributed by atoms with E-state index in [2.05, 4.69) is 22.0 Å². The number of halogens is 1. The molecule has 3 nitrogen and oxygen atoms in total. The molecule has 0 aliphatic carbocycles. The lowest BCUT2D eigenvalue weighted by atomic mass is 10.0. The predicted molar refractivity (Wildman–Crippen MR) is 79.7 cm³/mol. The van der Waals surface area contributed by atoms with Gasteiger partial charge in [-0.15, -0.1) is 12.4 Å². The Balaban J connectivity index is 0.00000110. The highest BCUT2D eigenvalue weighted by Gasteiger charge is 2.24. The van der Waals surface area contributed by atoms with E-state index in [1.807, 2.05) is 0 Å². The Kier molecular flexibility index (Phi) is 3.19. The van der Waals surface area contributed by atoms with E-state index >= 15 is 0 Å². The highest BCUT2D eigenvalue weighted by Crippen LogP contribution is 2.37. The number of aryl methyl sites for hydroxylation is 2. The third-order valence-electron chi connectivity index (χ3n) is 4.36. The SMILES string of the molecule is COc1cc2c3c(c1)c1c(n3CC2)CCNCC1.Cl. The molecule has 0 spiro atoms. The maximum Gasteiger partial charge on any atom is 0.119 e. The lowest BCUT2D eigenvalue weighted by molar-refractivity contribution is 0.415. The molecule has 1 N–H and O–H groups in total. The molecule has 1 aromatic heterocycles. The summed E-state index contributed by atoms with van der Waals surface area (Å²) in [4.78, 5) is 0. The summed E-state index contributed by atoms with van der Waals surface area (Å²) in [6, 6.07) is 4.44. The molecule has 1 aromatic carbocycles. The molecule has 0 saturated heterocycles. The Morgan fingerprint density at radius 2 is 2.00 bits per heavy atom. The second-order valence-electron chi connectivity index (χ2n) is 5.26. The molecule has 0 atom stereocenters. The number of ether oxygens (including phenoxy) is 1. The van der Waals surface area contributed by atoms with Crippen LogP contribution in [0.25, 0.3) is 10.9 Å². The lowest BCUT2D eigenvalue weighted by Gasteiger charge is -2.05. The maximum absolute atomic E-state index is 5.45. The highest BCUT2D eigenvalue weighted by molar-refractivity contribution is 5.91. The molecular formula is C15H19ClN2O. The number of aromatic nitrogens is 1. The Morgan fingerprint density at radius 1 is 1.16 bits per heavy atom. The van der Waals surface area contributed by atoms with Crippen LogP contribution in [0.15, 0.2) is 12.1 Å². The molecule has 2 aromatic rings. The summed E-state index contributed by atoms with van der Waals surface area (Å²) in [6.45, 7) is 3.35. The quantitative estimate of drug-likeness (QED) is 0.866. The summed E-state index contributed by atoms with van der Waals surface area (Å²) in [5.41, 5.74) is 6.05. The van der Waals surface area contributed by atoms with Gasteiger partial charge in [0.2, 0.25) is 0 Å². The number of hydrogen-bond donors (Lipinski definition) is 1. The van der Waals surface area contributed by atoms with E-state index in [0.29, 0.717) is 0 Å². The van der Waals surface area contributed by atoms with Crippen molar-refractivity contribution in [2.45, 2.75) is 25.8 Å². The minimum Gasteiger partial charge on any atom is -0.497 e. The number of methoxy groups -OCH3 is 1. The predicted octanol–water partition coefficient (Wildman–Crippen LogP) is 2.32. The van der Waals surface area contributed by atoms with Crippen LogP contribution in [0.4, 0.5) is 0 Å². The van der Waals surface area contributed by atoms with Crippen LogP contribution in [0.1, 0.15) is 16.8 Å². The standard InChI is InChI=1S/C15H18N2O.ClH/c1-18-11-8-10-4-7-17-14-3-6-16-5-2-12(14)13(9-11)15(10)17;/h8-9,16H,2-7H2,1H3;1H. The zero-order valence-electron chi connectivity index (χ0n) is 11.2. The number of nitrogens with zero attached hydrogens (tertiary/aromatic N) is 1. The zero-order chi connectivity index (χ0) is 12.1. The van der Waals surface area contributed by atoms with Crippen LogP contribution >= 0.6 is 12.4 Å². The second-order valence-corrected chi connectivity index (χ2v) is 5.26. The van der Waals surface area contributed by atoms with Gasteiger partial charge in [-0.05, 0) is 42.6 Å². The van der Waals surface area contributed by atoms with E-state index in [-0.39, 0.29) is 12.4 Å². The molecular weight excluding hydrogens is 260 g/mol. The van der Waals surface area contributed by atoms with Gasteiger partial charge < -0.3 is 14.6 Å². The third-order valence-corrected chi connectivity index (χ3v) is 4.36. The van der Waals surface area contributed by atoms with Crippen LogP contribution in [-0.2, 0) is 25.8 Å². The monoisotopic (exact) mass is 278 g/mol. The fourth-order valence-corrected chi connectivity index (χ4v) is 3.56. The Bertz CT molecular complexity index is 633. The van der Waals surface area contributed by atoms with E-state index in [0.717, 1.165) is 44.6 Å². The number of fused-ring (bicyclic) bond motifs is 3. The van der Waals surface area contributed by atoms with Crippen molar-refractivity contribution in [3.8, 4) is 5.75 Å². The van der Waals surface area contributed by atoms with Crippen LogP contribution in [0, 0.1) is 0 Å². The van der Waals surface area contributed by atoms with Crippen LogP contribution in [0.5, 0.6) is 5.75 Å². The first kappa shape index (κ1) is 12.8. The molecule has 0 unspecified atom stereocenters. The number of hydrogen-bond acceptors (Lipinski definition) is 2. The van der Waals surface area contributed by atoms with Crippen LogP contribution < -0.4 is 10.1 Å². The summed E-state index contributed by atoms with van der Waals surface area (Å²) in [5.74, 6) is 1.01. The van der Waals surface area contributed by atoms with Crippen molar-refractivity contribution in [3.05, 3.63) is 29.0 Å². The summed E-state index contributed by atoms with van der Waals surface area (Å²) in [5, 5.41) is 4.93. The van der Waals surface area contributed by atoms with Gasteiger partial charge in [-0.25, -0.2) is 0 Å². The molecule has 102 valence electrons. The van der Waals surface area contributed by atoms with Gasteiger partial charge in [0.1, 0.15) is 5.75 Å². The highest BCUT2D eigenvalue weighted by atomic mass is 35.5. The van der Waals surface area contributed by atoms with Crippen molar-refractivity contribution < 1.29 is 4.74 Å². The molecule has 0 amide bonds. The smallest absolute Gasteiger partial charge is 0.119 e. The summed E-state index contributed by atoms with van der Waals surface area (Å²) in [6.07, 6.45) is 3.46. The van der Waals surface area contributed by atoms with Gasteiger partial charge in [-0.3, -0.25) is 0 Å². The summed E-state index contributed by atoms with van der Waals surface area (Å²) >= 11 is 0. The topological polar surface area (TPSA) is 26.2 Å². The molecule has 0 saturated carbocycles. The van der Waals surface area contributed by atoms with Crippen molar-refractivity contribution in [1.82, 2.24) is 9.88 Å². The number of benzene rings is 1. The molecule has 3 heterocycles. The maximum atomic E-state index is 5.45. The average molecular weight is 279 g/mol. The van der Waals surface area contributed by atoms with Gasteiger partial charge in [0, 0.05) is 30.6 Å². The van der Waals surface area contributed by atoms with Crippen molar-refractivity contribution >= 4 is 23.3 Å². The Labute approximate surface area is 119 Å². The van der Waals surface area contributed by atoms with E-state index in [1.165, 1.54) is 16.5 Å². The van der Waals surface area contributed by atoms with Gasteiger partial charge >= 0.3 is 0 Å². The molecule has 0 radical (unpaired) electrons. The minimum absolute atomic E-state index is 0. The van der Waals surface area contributed by atoms with Crippen LogP contribution in [-0.4, -0.2) is 24.8 Å². The average Bonchev–Trinajstić information content (AvgIpc) is 2.84. The van der Waals surface area contributed by atoms with Crippen LogP contribution in [0.2, 0.25) is 0 Å². The fraction of sp³-hybridized carbons (Fsp3) is 0.467. The molecule has 0 fully saturated rings. The Hall–Kier alpha value is -1.19. The second kappa shape index (κ2) is 4.73. The van der Waals surface area contributed by atoms with E-state index < -0.39 is 0 Å². The molecule has 19 heavy (non-hydrogen) atoms. The van der Waals surface area contributed by atoms with Crippen molar-refractivity contribution in [1.29, 1.82) is 0 Å². The van der Waals surface area contributed by atoms with Crippen molar-refractivity contribution in [2.75, 3.05) is 20.2 Å². The van der Waals surface area contributed by atoms with Gasteiger partial charge in [0.05, 0.1) is 12.6 Å². The van der Waals surface area contributed by atoms with E-state index in [4.69, 9.17) is 4.74 Å². The van der Waals surface area contributed by atoms with Crippen LogP contribution in [0.3, 0.4) is 0 Å². The summed E-state index contributed by atoms with van der Waals surface area (Å²) < 4.78 is 8.00. The van der Waals surface area contributed by atoms with Gasteiger partial charge in [0.15, 0.2) is 0 Å². The first-order valence-corrected chi connectivity index (χ1v) is 6.80. The van der Waals surface area contributed by atoms with Gasteiger partial charge in [0.25, 0.3) is 0 Å². The normalized spacial score (nSPS) is 16.9. The summed E-state index contributed by atoms with van der Waals surface area (Å²) in [7, 11) is 1.76. The minimum atomic E-state index is 0.